The van der Waals surface area contributed by atoms with Crippen LogP contribution in [0.25, 0.3) is 0 Å². The highest BCUT2D eigenvalue weighted by Gasteiger charge is 2.20. The van der Waals surface area contributed by atoms with Crippen molar-refractivity contribution in [2.24, 2.45) is 0 Å². The Morgan fingerprint density at radius 2 is 0.811 bits per heavy atom. The molecule has 0 aliphatic carbocycles. The lowest BCUT2D eigenvalue weighted by Crippen LogP contribution is -2.46. The summed E-state index contributed by atoms with van der Waals surface area (Å²) in [6, 6.07) is 0. The SMILES string of the molecule is CCCCCCCC[N+](C)(CCCCCCCC)CCCCCCCC.CCCCCCSOC(C)=O. The zero-order chi connectivity index (χ0) is 27.9. The zero-order valence-electron chi connectivity index (χ0n) is 26.6. The van der Waals surface area contributed by atoms with Crippen molar-refractivity contribution in [1.82, 2.24) is 0 Å². The van der Waals surface area contributed by atoms with Crippen LogP contribution < -0.4 is 0 Å². The number of carbonyl (C=O) groups is 1. The molecule has 0 amide bonds. The van der Waals surface area contributed by atoms with E-state index >= 15 is 0 Å². The van der Waals surface area contributed by atoms with Crippen LogP contribution in [0.1, 0.15) is 176 Å². The van der Waals surface area contributed by atoms with Crippen LogP contribution in [0.2, 0.25) is 0 Å². The van der Waals surface area contributed by atoms with E-state index in [-0.39, 0.29) is 5.97 Å². The summed E-state index contributed by atoms with van der Waals surface area (Å²) in [4.78, 5) is 10.3. The minimum absolute atomic E-state index is 0.203. The Kier molecular flexibility index (Phi) is 33.7. The third-order valence-corrected chi connectivity index (χ3v) is 8.22. The summed E-state index contributed by atoms with van der Waals surface area (Å²) in [5, 5.41) is 0. The number of hydrogen-bond donors (Lipinski definition) is 0. The molecule has 0 aromatic heterocycles. The summed E-state index contributed by atoms with van der Waals surface area (Å²) in [5.74, 6) is 0.727. The van der Waals surface area contributed by atoms with Gasteiger partial charge in [-0.3, -0.25) is 4.79 Å². The second-order valence-corrected chi connectivity index (χ2v) is 12.4. The van der Waals surface area contributed by atoms with E-state index in [0.29, 0.717) is 0 Å². The van der Waals surface area contributed by atoms with Gasteiger partial charge in [-0.1, -0.05) is 124 Å². The summed E-state index contributed by atoms with van der Waals surface area (Å²) in [7, 11) is 2.56. The number of rotatable bonds is 27. The van der Waals surface area contributed by atoms with Crippen molar-refractivity contribution in [2.75, 3.05) is 32.4 Å². The monoisotopic (exact) mass is 545 g/mol. The average Bonchev–Trinajstić information content (AvgIpc) is 2.88. The van der Waals surface area contributed by atoms with E-state index in [0.717, 1.165) is 12.2 Å². The maximum Gasteiger partial charge on any atom is 0.314 e. The van der Waals surface area contributed by atoms with Crippen LogP contribution in [0.4, 0.5) is 0 Å². The normalized spacial score (nSPS) is 11.3. The van der Waals surface area contributed by atoms with Gasteiger partial charge in [-0.2, -0.15) is 0 Å². The molecule has 224 valence electrons. The summed E-state index contributed by atoms with van der Waals surface area (Å²) < 4.78 is 6.06. The van der Waals surface area contributed by atoms with Crippen LogP contribution >= 0.6 is 12.0 Å². The molecule has 0 aliphatic rings. The second kappa shape index (κ2) is 32.0. The number of carbonyl (C=O) groups excluding carboxylic acids is 1. The van der Waals surface area contributed by atoms with Gasteiger partial charge in [0.25, 0.3) is 0 Å². The first kappa shape index (κ1) is 38.9. The Labute approximate surface area is 239 Å². The quantitative estimate of drug-likeness (QED) is 0.0584. The Morgan fingerprint density at radius 1 is 0.514 bits per heavy atom. The highest BCUT2D eigenvalue weighted by atomic mass is 32.2. The predicted molar refractivity (Wildman–Crippen MR) is 169 cm³/mol. The first-order valence-electron chi connectivity index (χ1n) is 16.6. The van der Waals surface area contributed by atoms with Gasteiger partial charge in [-0.15, -0.1) is 0 Å². The molecule has 0 aromatic carbocycles. The molecule has 0 fully saturated rings. The molecule has 0 unspecified atom stereocenters. The summed E-state index contributed by atoms with van der Waals surface area (Å²) in [5.41, 5.74) is 0. The maximum absolute atomic E-state index is 10.3. The zero-order valence-corrected chi connectivity index (χ0v) is 27.4. The Hall–Kier alpha value is -0.220. The van der Waals surface area contributed by atoms with Crippen molar-refractivity contribution >= 4 is 18.0 Å². The number of hydrogen-bond acceptors (Lipinski definition) is 3. The lowest BCUT2D eigenvalue weighted by atomic mass is 10.1. The van der Waals surface area contributed by atoms with Crippen molar-refractivity contribution in [3.63, 3.8) is 0 Å². The molecule has 0 rings (SSSR count). The molecule has 0 heterocycles. The molecular weight excluding hydrogens is 474 g/mol. The highest BCUT2D eigenvalue weighted by molar-refractivity contribution is 7.95. The smallest absolute Gasteiger partial charge is 0.314 e. The highest BCUT2D eigenvalue weighted by Crippen LogP contribution is 2.16. The van der Waals surface area contributed by atoms with Crippen LogP contribution in [0, 0.1) is 0 Å². The van der Waals surface area contributed by atoms with Crippen molar-refractivity contribution in [2.45, 2.75) is 176 Å². The molecule has 37 heavy (non-hydrogen) atoms. The number of quaternary nitrogens is 1. The lowest BCUT2D eigenvalue weighted by Gasteiger charge is -2.35. The molecule has 3 nitrogen and oxygen atoms in total. The average molecular weight is 545 g/mol. The largest absolute Gasteiger partial charge is 0.392 e. The van der Waals surface area contributed by atoms with Gasteiger partial charge >= 0.3 is 5.97 Å². The predicted octanol–water partition coefficient (Wildman–Crippen LogP) is 11.3. The van der Waals surface area contributed by atoms with Gasteiger partial charge in [0.05, 0.1) is 38.7 Å². The standard InChI is InChI=1S/C25H54N.C8H16O2S/c1-5-8-11-14-17-20-23-26(4,24-21-18-15-12-9-6-2)25-22-19-16-13-10-7-3;1-3-4-5-6-7-11-10-8(2)9/h5-25H2,1-4H3;3-7H2,1-2H3/q+1;. The fourth-order valence-electron chi connectivity index (χ4n) is 4.87. The molecule has 4 heteroatoms. The van der Waals surface area contributed by atoms with Crippen LogP contribution in [0.3, 0.4) is 0 Å². The van der Waals surface area contributed by atoms with Gasteiger partial charge in [0.2, 0.25) is 0 Å². The van der Waals surface area contributed by atoms with Crippen molar-refractivity contribution < 1.29 is 13.5 Å². The third kappa shape index (κ3) is 33.8. The maximum atomic E-state index is 10.3. The molecule has 0 radical (unpaired) electrons. The number of unbranched alkanes of at least 4 members (excludes halogenated alkanes) is 18. The molecule has 0 atom stereocenters. The van der Waals surface area contributed by atoms with E-state index < -0.39 is 0 Å². The molecule has 0 aromatic rings. The summed E-state index contributed by atoms with van der Waals surface area (Å²) >= 11 is 1.26. The third-order valence-electron chi connectivity index (χ3n) is 7.41. The number of nitrogens with zero attached hydrogens (tertiary/aromatic N) is 1. The molecule has 0 aliphatic heterocycles. The molecule has 0 saturated heterocycles. The van der Waals surface area contributed by atoms with Crippen LogP contribution in [0.5, 0.6) is 0 Å². The molecular formula is C33H70NO2S+. The first-order chi connectivity index (χ1) is 18.0. The Balaban J connectivity index is 0. The second-order valence-electron chi connectivity index (χ2n) is 11.6. The van der Waals surface area contributed by atoms with Crippen LogP contribution in [-0.4, -0.2) is 42.9 Å². The van der Waals surface area contributed by atoms with Crippen LogP contribution in [0.15, 0.2) is 0 Å². The van der Waals surface area contributed by atoms with Gasteiger partial charge in [-0.05, 0) is 44.9 Å². The Morgan fingerprint density at radius 3 is 1.14 bits per heavy atom. The van der Waals surface area contributed by atoms with E-state index in [1.54, 1.807) is 0 Å². The fraction of sp³-hybridized carbons (Fsp3) is 0.970. The van der Waals surface area contributed by atoms with Crippen molar-refractivity contribution in [1.29, 1.82) is 0 Å². The van der Waals surface area contributed by atoms with Crippen molar-refractivity contribution in [3.8, 4) is 0 Å². The van der Waals surface area contributed by atoms with E-state index in [1.165, 1.54) is 178 Å². The molecule has 0 N–H and O–H groups in total. The van der Waals surface area contributed by atoms with Crippen LogP contribution in [-0.2, 0) is 8.98 Å². The van der Waals surface area contributed by atoms with E-state index in [9.17, 15) is 4.79 Å². The minimum atomic E-state index is -0.203. The molecule has 0 spiro atoms. The van der Waals surface area contributed by atoms with Gasteiger partial charge in [0.15, 0.2) is 0 Å². The van der Waals surface area contributed by atoms with Gasteiger partial charge in [0.1, 0.15) is 0 Å². The lowest BCUT2D eigenvalue weighted by molar-refractivity contribution is -0.910. The topological polar surface area (TPSA) is 26.3 Å². The minimum Gasteiger partial charge on any atom is -0.392 e. The van der Waals surface area contributed by atoms with Gasteiger partial charge in [0, 0.05) is 12.7 Å². The van der Waals surface area contributed by atoms with E-state index in [1.807, 2.05) is 0 Å². The fourth-order valence-corrected chi connectivity index (χ4v) is 5.44. The van der Waals surface area contributed by atoms with Gasteiger partial charge in [-0.25, -0.2) is 0 Å². The van der Waals surface area contributed by atoms with Gasteiger partial charge < -0.3 is 8.67 Å². The Bertz CT molecular complexity index is 403. The van der Waals surface area contributed by atoms with E-state index in [4.69, 9.17) is 4.18 Å². The van der Waals surface area contributed by atoms with E-state index in [2.05, 4.69) is 34.7 Å². The first-order valence-corrected chi connectivity index (χ1v) is 17.5. The van der Waals surface area contributed by atoms with Crippen molar-refractivity contribution in [3.05, 3.63) is 0 Å². The summed E-state index contributed by atoms with van der Waals surface area (Å²) in [6.45, 7) is 14.8. The molecule has 0 bridgehead atoms. The summed E-state index contributed by atoms with van der Waals surface area (Å²) in [6.07, 6.45) is 30.8. The molecule has 0 saturated carbocycles.